The topological polar surface area (TPSA) is 25.2 Å². The van der Waals surface area contributed by atoms with Gasteiger partial charge in [0, 0.05) is 11.3 Å². The minimum absolute atomic E-state index is 0.291. The first-order valence-corrected chi connectivity index (χ1v) is 8.33. The summed E-state index contributed by atoms with van der Waals surface area (Å²) < 4.78 is 6.41. The van der Waals surface area contributed by atoms with Gasteiger partial charge >= 0.3 is 0 Å². The molecular weight excluding hydrogens is 298 g/mol. The minimum atomic E-state index is 0.291. The van der Waals surface area contributed by atoms with Crippen molar-refractivity contribution in [3.63, 3.8) is 0 Å². The van der Waals surface area contributed by atoms with E-state index in [1.807, 2.05) is 23.9 Å². The predicted octanol–water partition coefficient (Wildman–Crippen LogP) is 4.37. The van der Waals surface area contributed by atoms with Gasteiger partial charge in [-0.1, -0.05) is 12.8 Å². The Morgan fingerprint density at radius 3 is 2.82 bits per heavy atom. The number of thioether (sulfide) groups is 1. The summed E-state index contributed by atoms with van der Waals surface area (Å²) in [6.07, 6.45) is 7.58. The second-order valence-corrected chi connectivity index (χ2v) is 6.55. The summed E-state index contributed by atoms with van der Waals surface area (Å²) in [4.78, 5) is 0. The smallest absolute Gasteiger partial charge is 0.169 e. The molecule has 1 aliphatic carbocycles. The molecule has 96 valence electrons. The first-order chi connectivity index (χ1) is 8.20. The quantitative estimate of drug-likeness (QED) is 0.892. The van der Waals surface area contributed by atoms with E-state index in [1.165, 1.54) is 25.7 Å². The second kappa shape index (κ2) is 6.30. The fourth-order valence-electron chi connectivity index (χ4n) is 2.53. The summed E-state index contributed by atoms with van der Waals surface area (Å²) in [5.74, 6) is 1.02. The third-order valence-electron chi connectivity index (χ3n) is 3.49. The zero-order valence-corrected chi connectivity index (χ0v) is 12.8. The zero-order chi connectivity index (χ0) is 12.3. The van der Waals surface area contributed by atoms with E-state index in [4.69, 9.17) is 4.42 Å². The molecule has 0 bridgehead atoms. The maximum absolute atomic E-state index is 5.60. The number of furan rings is 1. The van der Waals surface area contributed by atoms with Gasteiger partial charge in [0.1, 0.15) is 5.76 Å². The van der Waals surface area contributed by atoms with Gasteiger partial charge in [-0.15, -0.1) is 0 Å². The van der Waals surface area contributed by atoms with E-state index in [1.54, 1.807) is 0 Å². The van der Waals surface area contributed by atoms with Crippen LogP contribution in [0.15, 0.2) is 21.2 Å². The highest BCUT2D eigenvalue weighted by atomic mass is 79.9. The lowest BCUT2D eigenvalue weighted by atomic mass is 9.94. The van der Waals surface area contributed by atoms with E-state index < -0.39 is 0 Å². The molecule has 3 atom stereocenters. The van der Waals surface area contributed by atoms with Gasteiger partial charge in [-0.3, -0.25) is 0 Å². The number of nitrogens with one attached hydrogen (secondary N) is 1. The van der Waals surface area contributed by atoms with Crippen molar-refractivity contribution in [2.24, 2.45) is 0 Å². The van der Waals surface area contributed by atoms with Gasteiger partial charge in [-0.05, 0) is 54.1 Å². The number of hydrogen-bond acceptors (Lipinski definition) is 3. The van der Waals surface area contributed by atoms with Gasteiger partial charge in [0.15, 0.2) is 4.67 Å². The molecule has 0 spiro atoms. The van der Waals surface area contributed by atoms with Crippen molar-refractivity contribution in [1.82, 2.24) is 5.32 Å². The third-order valence-corrected chi connectivity index (χ3v) is 5.09. The van der Waals surface area contributed by atoms with Crippen molar-refractivity contribution in [2.45, 2.75) is 49.9 Å². The average Bonchev–Trinajstić information content (AvgIpc) is 2.77. The van der Waals surface area contributed by atoms with Gasteiger partial charge < -0.3 is 9.73 Å². The van der Waals surface area contributed by atoms with Crippen molar-refractivity contribution in [1.29, 1.82) is 0 Å². The molecule has 2 rings (SSSR count). The van der Waals surface area contributed by atoms with Crippen LogP contribution in [-0.2, 0) is 0 Å². The maximum atomic E-state index is 5.60. The second-order valence-electron chi connectivity index (χ2n) is 4.70. The fourth-order valence-corrected chi connectivity index (χ4v) is 3.80. The number of rotatable bonds is 4. The first-order valence-electron chi connectivity index (χ1n) is 6.25. The fraction of sp³-hybridized carbons (Fsp3) is 0.692. The molecule has 1 saturated carbocycles. The molecule has 1 fully saturated rings. The van der Waals surface area contributed by atoms with Crippen LogP contribution in [-0.4, -0.2) is 17.5 Å². The van der Waals surface area contributed by atoms with Gasteiger partial charge in [0.2, 0.25) is 0 Å². The van der Waals surface area contributed by atoms with Crippen LogP contribution in [0.5, 0.6) is 0 Å². The first kappa shape index (κ1) is 13.5. The molecule has 1 heterocycles. The monoisotopic (exact) mass is 317 g/mol. The maximum Gasteiger partial charge on any atom is 0.169 e. The molecule has 1 N–H and O–H groups in total. The molecule has 0 saturated heterocycles. The average molecular weight is 318 g/mol. The minimum Gasteiger partial charge on any atom is -0.453 e. The van der Waals surface area contributed by atoms with Crippen LogP contribution in [0.3, 0.4) is 0 Å². The van der Waals surface area contributed by atoms with E-state index in [0.717, 1.165) is 15.7 Å². The highest BCUT2D eigenvalue weighted by Crippen LogP contribution is 2.29. The largest absolute Gasteiger partial charge is 0.453 e. The molecular formula is C13H20BrNOS. The van der Waals surface area contributed by atoms with Crippen LogP contribution in [0.25, 0.3) is 0 Å². The summed E-state index contributed by atoms with van der Waals surface area (Å²) in [6, 6.07) is 4.91. The van der Waals surface area contributed by atoms with Gasteiger partial charge in [0.05, 0.1) is 6.04 Å². The third kappa shape index (κ3) is 3.52. The van der Waals surface area contributed by atoms with Crippen molar-refractivity contribution < 1.29 is 4.42 Å². The standard InChI is InChI=1S/C13H20BrNOS/c1-9(11-7-8-13(14)16-11)15-10-5-3-4-6-12(10)17-2/h7-10,12,15H,3-6H2,1-2H3. The number of halogens is 1. The summed E-state index contributed by atoms with van der Waals surface area (Å²) in [5.41, 5.74) is 0. The molecule has 17 heavy (non-hydrogen) atoms. The molecule has 1 aliphatic rings. The lowest BCUT2D eigenvalue weighted by Crippen LogP contribution is -2.41. The summed E-state index contributed by atoms with van der Waals surface area (Å²) in [6.45, 7) is 2.18. The Morgan fingerprint density at radius 2 is 2.18 bits per heavy atom. The Bertz CT molecular complexity index is 355. The molecule has 2 nitrogen and oxygen atoms in total. The van der Waals surface area contributed by atoms with Crippen molar-refractivity contribution in [3.05, 3.63) is 22.6 Å². The van der Waals surface area contributed by atoms with Crippen LogP contribution in [0, 0.1) is 0 Å². The Labute approximate surface area is 116 Å². The molecule has 0 aromatic carbocycles. The van der Waals surface area contributed by atoms with Crippen molar-refractivity contribution in [3.8, 4) is 0 Å². The van der Waals surface area contributed by atoms with E-state index in [2.05, 4.69) is 34.4 Å². The lowest BCUT2D eigenvalue weighted by molar-refractivity contribution is 0.328. The summed E-state index contributed by atoms with van der Waals surface area (Å²) in [5, 5.41) is 4.47. The van der Waals surface area contributed by atoms with E-state index >= 15 is 0 Å². The molecule has 0 radical (unpaired) electrons. The van der Waals surface area contributed by atoms with Crippen molar-refractivity contribution >= 4 is 27.7 Å². The SMILES string of the molecule is CSC1CCCCC1NC(C)c1ccc(Br)o1. The highest BCUT2D eigenvalue weighted by molar-refractivity contribution is 9.10. The molecule has 4 heteroatoms. The van der Waals surface area contributed by atoms with Gasteiger partial charge in [-0.2, -0.15) is 11.8 Å². The van der Waals surface area contributed by atoms with Gasteiger partial charge in [-0.25, -0.2) is 0 Å². The summed E-state index contributed by atoms with van der Waals surface area (Å²) >= 11 is 5.35. The Hall–Kier alpha value is 0.0700. The van der Waals surface area contributed by atoms with Crippen LogP contribution >= 0.6 is 27.7 Å². The molecule has 1 aromatic heterocycles. The Kier molecular flexibility index (Phi) is 5.00. The van der Waals surface area contributed by atoms with E-state index in [9.17, 15) is 0 Å². The molecule has 0 amide bonds. The number of hydrogen-bond donors (Lipinski definition) is 1. The van der Waals surface area contributed by atoms with E-state index in [0.29, 0.717) is 12.1 Å². The lowest BCUT2D eigenvalue weighted by Gasteiger charge is -2.32. The predicted molar refractivity (Wildman–Crippen MR) is 77.5 cm³/mol. The molecule has 0 aliphatic heterocycles. The van der Waals surface area contributed by atoms with Crippen LogP contribution < -0.4 is 5.32 Å². The summed E-state index contributed by atoms with van der Waals surface area (Å²) in [7, 11) is 0. The van der Waals surface area contributed by atoms with Crippen LogP contribution in [0.2, 0.25) is 0 Å². The van der Waals surface area contributed by atoms with Gasteiger partial charge in [0.25, 0.3) is 0 Å². The zero-order valence-electron chi connectivity index (χ0n) is 10.4. The molecule has 1 aromatic rings. The van der Waals surface area contributed by atoms with Crippen LogP contribution in [0.4, 0.5) is 0 Å². The highest BCUT2D eigenvalue weighted by Gasteiger charge is 2.26. The van der Waals surface area contributed by atoms with E-state index in [-0.39, 0.29) is 0 Å². The van der Waals surface area contributed by atoms with Crippen molar-refractivity contribution in [2.75, 3.05) is 6.26 Å². The Morgan fingerprint density at radius 1 is 1.41 bits per heavy atom. The molecule has 3 unspecified atom stereocenters. The Balaban J connectivity index is 1.94. The van der Waals surface area contributed by atoms with Crippen LogP contribution in [0.1, 0.15) is 44.4 Å². The normalized spacial score (nSPS) is 27.0.